The van der Waals surface area contributed by atoms with Crippen molar-refractivity contribution in [2.45, 2.75) is 42.5 Å². The van der Waals surface area contributed by atoms with Crippen molar-refractivity contribution in [3.63, 3.8) is 0 Å². The zero-order valence-corrected chi connectivity index (χ0v) is 20.7. The molecule has 1 amide bonds. The Kier molecular flexibility index (Phi) is 4.42. The number of ether oxygens (including phenoxy) is 1. The molecule has 0 bridgehead atoms. The highest BCUT2D eigenvalue weighted by atomic mass is 32.2. The molecule has 0 radical (unpaired) electrons. The Morgan fingerprint density at radius 3 is 2.58 bits per heavy atom. The number of sulfone groups is 1. The molecule has 3 unspecified atom stereocenters. The highest BCUT2D eigenvalue weighted by Crippen LogP contribution is 2.60. The van der Waals surface area contributed by atoms with E-state index in [1.807, 2.05) is 12.1 Å². The Labute approximate surface area is 207 Å². The summed E-state index contributed by atoms with van der Waals surface area (Å²) in [6.45, 7) is 3.73. The van der Waals surface area contributed by atoms with Crippen LogP contribution in [-0.2, 0) is 21.2 Å². The minimum Gasteiger partial charge on any atom is -0.454 e. The number of nitrogen functional groups attached to an aromatic ring is 1. The van der Waals surface area contributed by atoms with Crippen molar-refractivity contribution in [3.8, 4) is 5.75 Å². The average Bonchev–Trinajstić information content (AvgIpc) is 3.22. The lowest BCUT2D eigenvalue weighted by Crippen LogP contribution is -2.60. The molecule has 9 nitrogen and oxygen atoms in total. The second-order valence-corrected chi connectivity index (χ2v) is 12.1. The lowest BCUT2D eigenvalue weighted by molar-refractivity contribution is -0.169. The van der Waals surface area contributed by atoms with Crippen LogP contribution in [0.2, 0.25) is 0 Å². The monoisotopic (exact) mass is 507 g/mol. The number of rotatable bonds is 4. The number of aliphatic hydroxyl groups is 1. The van der Waals surface area contributed by atoms with Gasteiger partial charge in [-0.2, -0.15) is 0 Å². The van der Waals surface area contributed by atoms with Crippen molar-refractivity contribution in [1.29, 1.82) is 0 Å². The number of carbonyl (C=O) groups excluding carboxylic acids is 2. The van der Waals surface area contributed by atoms with Gasteiger partial charge in [0.1, 0.15) is 16.5 Å². The molecule has 1 fully saturated rings. The first-order valence-electron chi connectivity index (χ1n) is 11.6. The smallest absolute Gasteiger partial charge is 0.271 e. The van der Waals surface area contributed by atoms with Gasteiger partial charge in [-0.3, -0.25) is 9.59 Å². The Morgan fingerprint density at radius 2 is 1.94 bits per heavy atom. The number of aromatic nitrogens is 1. The zero-order chi connectivity index (χ0) is 25.8. The van der Waals surface area contributed by atoms with Crippen LogP contribution in [0.5, 0.6) is 5.75 Å². The van der Waals surface area contributed by atoms with Crippen molar-refractivity contribution >= 4 is 27.2 Å². The van der Waals surface area contributed by atoms with Crippen LogP contribution >= 0.6 is 0 Å². The second kappa shape index (κ2) is 6.98. The third-order valence-corrected chi connectivity index (χ3v) is 8.68. The summed E-state index contributed by atoms with van der Waals surface area (Å²) in [4.78, 5) is 30.3. The predicted molar refractivity (Wildman–Crippen MR) is 130 cm³/mol. The summed E-state index contributed by atoms with van der Waals surface area (Å²) in [6, 6.07) is 11.5. The van der Waals surface area contributed by atoms with Gasteiger partial charge in [-0.25, -0.2) is 8.42 Å². The van der Waals surface area contributed by atoms with Crippen molar-refractivity contribution in [1.82, 2.24) is 10.3 Å². The highest BCUT2D eigenvalue weighted by Gasteiger charge is 2.72. The number of ketones is 1. The summed E-state index contributed by atoms with van der Waals surface area (Å²) in [6.07, 6.45) is 2.06. The molecule has 10 heteroatoms. The Morgan fingerprint density at radius 1 is 1.22 bits per heavy atom. The van der Waals surface area contributed by atoms with Gasteiger partial charge in [-0.1, -0.05) is 31.2 Å². The van der Waals surface area contributed by atoms with Crippen molar-refractivity contribution in [2.75, 3.05) is 12.0 Å². The third-order valence-electron chi connectivity index (χ3n) is 7.66. The Balaban J connectivity index is 1.52. The first-order chi connectivity index (χ1) is 16.9. The number of fused-ring (bicyclic) bond motifs is 5. The van der Waals surface area contributed by atoms with E-state index in [0.29, 0.717) is 28.7 Å². The molecule has 6 rings (SSSR count). The highest BCUT2D eigenvalue weighted by molar-refractivity contribution is 7.90. The number of nitrogens with one attached hydrogen (secondary N) is 2. The van der Waals surface area contributed by atoms with Crippen LogP contribution in [0.3, 0.4) is 0 Å². The fraction of sp³-hybridized carbons (Fsp3) is 0.308. The molecule has 1 aromatic heterocycles. The van der Waals surface area contributed by atoms with Crippen LogP contribution < -0.4 is 15.8 Å². The third kappa shape index (κ3) is 2.82. The number of nitrogens with two attached hydrogens (primary N) is 1. The van der Waals surface area contributed by atoms with Crippen LogP contribution in [-0.4, -0.2) is 36.5 Å². The number of aromatic amines is 1. The van der Waals surface area contributed by atoms with E-state index < -0.39 is 32.9 Å². The lowest BCUT2D eigenvalue weighted by Gasteiger charge is -2.34. The van der Waals surface area contributed by atoms with E-state index in [2.05, 4.69) is 17.2 Å². The van der Waals surface area contributed by atoms with Gasteiger partial charge < -0.3 is 25.9 Å². The topological polar surface area (TPSA) is 152 Å². The number of carbonyl (C=O) groups is 2. The molecule has 36 heavy (non-hydrogen) atoms. The number of hydrogen-bond donors (Lipinski definition) is 4. The molecule has 3 aliphatic rings. The van der Waals surface area contributed by atoms with Crippen LogP contribution in [0.15, 0.2) is 47.5 Å². The molecule has 1 aliphatic heterocycles. The molecule has 4 atom stereocenters. The largest absolute Gasteiger partial charge is 0.454 e. The fourth-order valence-electron chi connectivity index (χ4n) is 5.60. The maximum atomic E-state index is 14.0. The summed E-state index contributed by atoms with van der Waals surface area (Å²) < 4.78 is 30.2. The van der Waals surface area contributed by atoms with E-state index in [4.69, 9.17) is 10.5 Å². The molecule has 3 aromatic rings. The molecule has 186 valence electrons. The van der Waals surface area contributed by atoms with Gasteiger partial charge in [-0.05, 0) is 54.5 Å². The van der Waals surface area contributed by atoms with Gasteiger partial charge in [0.2, 0.25) is 11.3 Å². The average molecular weight is 508 g/mol. The first-order valence-corrected chi connectivity index (χ1v) is 13.5. The minimum atomic E-state index is -3.61. The van der Waals surface area contributed by atoms with E-state index in [0.717, 1.165) is 18.2 Å². The SMILES string of the molecule is Cc1cc(S(C)(=O)=O)[nH]c1C(=O)NC12C(=O)c3c(N)cccc3C1(O)Oc1cc(C3C[C@H]3C)ccc12. The van der Waals surface area contributed by atoms with Crippen molar-refractivity contribution < 1.29 is 27.9 Å². The van der Waals surface area contributed by atoms with Crippen LogP contribution in [0.1, 0.15) is 62.4 Å². The number of aryl methyl sites for hydroxylation is 1. The Bertz CT molecular complexity index is 1610. The van der Waals surface area contributed by atoms with Gasteiger partial charge in [0.15, 0.2) is 9.84 Å². The van der Waals surface area contributed by atoms with Gasteiger partial charge in [-0.15, -0.1) is 0 Å². The molecule has 5 N–H and O–H groups in total. The van der Waals surface area contributed by atoms with Gasteiger partial charge in [0.25, 0.3) is 11.7 Å². The minimum absolute atomic E-state index is 0.0410. The fourth-order valence-corrected chi connectivity index (χ4v) is 6.28. The maximum Gasteiger partial charge on any atom is 0.271 e. The molecule has 2 aromatic carbocycles. The van der Waals surface area contributed by atoms with Crippen LogP contribution in [0.25, 0.3) is 0 Å². The number of hydrogen-bond acceptors (Lipinski definition) is 7. The molecule has 0 saturated heterocycles. The van der Waals surface area contributed by atoms with E-state index in [1.54, 1.807) is 31.2 Å². The summed E-state index contributed by atoms with van der Waals surface area (Å²) >= 11 is 0. The summed E-state index contributed by atoms with van der Waals surface area (Å²) in [7, 11) is -3.61. The van der Waals surface area contributed by atoms with Crippen LogP contribution in [0, 0.1) is 12.8 Å². The Hall–Kier alpha value is -3.63. The number of benzene rings is 2. The van der Waals surface area contributed by atoms with Crippen LogP contribution in [0.4, 0.5) is 5.69 Å². The van der Waals surface area contributed by atoms with Gasteiger partial charge in [0, 0.05) is 23.1 Å². The normalized spacial score (nSPS) is 27.7. The first kappa shape index (κ1) is 22.8. The van der Waals surface area contributed by atoms with Crippen molar-refractivity contribution in [3.05, 3.63) is 76.0 Å². The second-order valence-electron chi connectivity index (χ2n) is 10.1. The number of Topliss-reactive ketones (excluding diaryl/α,β-unsaturated/α-hetero) is 1. The lowest BCUT2D eigenvalue weighted by atomic mass is 9.82. The maximum absolute atomic E-state index is 14.0. The quantitative estimate of drug-likeness (QED) is 0.396. The number of H-pyrrole nitrogens is 1. The molecule has 2 aliphatic carbocycles. The standard InChI is InChI=1S/C26H25N3O6S/c1-12-9-15(12)14-7-8-16-19(11-14)35-26(32)17-5-4-6-18(27)21(17)23(30)25(16,26)29-24(31)22-13(2)10-20(28-22)36(3,33)34/h4-8,10-12,15,28,32H,9,27H2,1-3H3,(H,29,31)/t12-,15?,25?,26?/m1/s1. The summed E-state index contributed by atoms with van der Waals surface area (Å²) in [5, 5.41) is 14.6. The van der Waals surface area contributed by atoms with E-state index in [1.165, 1.54) is 6.07 Å². The zero-order valence-electron chi connectivity index (χ0n) is 19.9. The summed E-state index contributed by atoms with van der Waals surface area (Å²) in [5.74, 6) is -2.42. The van der Waals surface area contributed by atoms with Gasteiger partial charge >= 0.3 is 0 Å². The number of amides is 1. The van der Waals surface area contributed by atoms with Crippen molar-refractivity contribution in [2.24, 2.45) is 5.92 Å². The summed E-state index contributed by atoms with van der Waals surface area (Å²) in [5.41, 5.74) is 6.17. The molecule has 2 heterocycles. The molecular formula is C26H25N3O6S. The number of anilines is 1. The molecule has 0 spiro atoms. The molecular weight excluding hydrogens is 482 g/mol. The van der Waals surface area contributed by atoms with E-state index >= 15 is 0 Å². The van der Waals surface area contributed by atoms with E-state index in [-0.39, 0.29) is 27.5 Å². The van der Waals surface area contributed by atoms with Gasteiger partial charge in [0.05, 0.1) is 5.56 Å². The molecule has 1 saturated carbocycles. The van der Waals surface area contributed by atoms with E-state index in [9.17, 15) is 23.1 Å². The predicted octanol–water partition coefficient (Wildman–Crippen LogP) is 2.49.